The molecule has 1 aliphatic rings. The van der Waals surface area contributed by atoms with Crippen molar-refractivity contribution < 1.29 is 0 Å². The zero-order valence-electron chi connectivity index (χ0n) is 12.7. The molecule has 1 aromatic carbocycles. The highest BCUT2D eigenvalue weighted by atomic mass is 15.2. The summed E-state index contributed by atoms with van der Waals surface area (Å²) in [6.07, 6.45) is 6.06. The Morgan fingerprint density at radius 2 is 2.16 bits per heavy atom. The van der Waals surface area contributed by atoms with Crippen molar-refractivity contribution in [3.8, 4) is 0 Å². The topological polar surface area (TPSA) is 29.3 Å². The number of rotatable bonds is 4. The third-order valence-electron chi connectivity index (χ3n) is 4.40. The van der Waals surface area contributed by atoms with Crippen LogP contribution in [0, 0.1) is 6.92 Å². The predicted octanol–water partition coefficient (Wildman–Crippen LogP) is 3.65. The number of hydrogen-bond donors (Lipinski definition) is 1. The van der Waals surface area contributed by atoms with Crippen LogP contribution in [0.2, 0.25) is 0 Å². The standard InChI is InChI=1S/C17H28N2/c1-4-16(18)12-15-8-9-17(13(2)11-15)19-10-6-5-7-14(19)3/h8-9,11,14,16H,4-7,10,12,18H2,1-3H3. The van der Waals surface area contributed by atoms with Crippen molar-refractivity contribution >= 4 is 5.69 Å². The summed E-state index contributed by atoms with van der Waals surface area (Å²) in [5.41, 5.74) is 10.2. The van der Waals surface area contributed by atoms with Gasteiger partial charge < -0.3 is 10.6 Å². The van der Waals surface area contributed by atoms with Crippen molar-refractivity contribution in [1.29, 1.82) is 0 Å². The Hall–Kier alpha value is -1.02. The van der Waals surface area contributed by atoms with Crippen LogP contribution in [0.1, 0.15) is 50.7 Å². The smallest absolute Gasteiger partial charge is 0.0398 e. The molecule has 2 N–H and O–H groups in total. The van der Waals surface area contributed by atoms with E-state index in [1.807, 2.05) is 0 Å². The highest BCUT2D eigenvalue weighted by Crippen LogP contribution is 2.28. The Kier molecular flexibility index (Phi) is 4.87. The van der Waals surface area contributed by atoms with E-state index in [0.29, 0.717) is 12.1 Å². The van der Waals surface area contributed by atoms with Crippen LogP contribution < -0.4 is 10.6 Å². The van der Waals surface area contributed by atoms with Crippen molar-refractivity contribution in [3.63, 3.8) is 0 Å². The maximum Gasteiger partial charge on any atom is 0.0398 e. The molecule has 0 amide bonds. The van der Waals surface area contributed by atoms with Gasteiger partial charge in [0.05, 0.1) is 0 Å². The van der Waals surface area contributed by atoms with Crippen molar-refractivity contribution in [2.24, 2.45) is 5.73 Å². The number of aryl methyl sites for hydroxylation is 1. The Morgan fingerprint density at radius 3 is 2.79 bits per heavy atom. The van der Waals surface area contributed by atoms with E-state index in [0.717, 1.165) is 12.8 Å². The van der Waals surface area contributed by atoms with Gasteiger partial charge >= 0.3 is 0 Å². The summed E-state index contributed by atoms with van der Waals surface area (Å²) in [5, 5.41) is 0. The van der Waals surface area contributed by atoms with E-state index >= 15 is 0 Å². The van der Waals surface area contributed by atoms with Crippen LogP contribution in [-0.4, -0.2) is 18.6 Å². The molecular weight excluding hydrogens is 232 g/mol. The summed E-state index contributed by atoms with van der Waals surface area (Å²) in [4.78, 5) is 2.57. The molecule has 0 aliphatic carbocycles. The first-order chi connectivity index (χ1) is 9.11. The molecule has 2 atom stereocenters. The van der Waals surface area contributed by atoms with Crippen LogP contribution in [0.3, 0.4) is 0 Å². The molecule has 0 bridgehead atoms. The summed E-state index contributed by atoms with van der Waals surface area (Å²) in [7, 11) is 0. The van der Waals surface area contributed by atoms with E-state index in [9.17, 15) is 0 Å². The van der Waals surface area contributed by atoms with Crippen LogP contribution in [0.4, 0.5) is 5.69 Å². The molecule has 0 spiro atoms. The normalized spacial score (nSPS) is 21.5. The molecule has 2 heteroatoms. The maximum absolute atomic E-state index is 6.05. The Morgan fingerprint density at radius 1 is 1.37 bits per heavy atom. The highest BCUT2D eigenvalue weighted by molar-refractivity contribution is 5.55. The first-order valence-corrected chi connectivity index (χ1v) is 7.73. The van der Waals surface area contributed by atoms with E-state index in [-0.39, 0.29) is 0 Å². The number of nitrogens with two attached hydrogens (primary N) is 1. The molecule has 1 saturated heterocycles. The van der Waals surface area contributed by atoms with E-state index in [4.69, 9.17) is 5.73 Å². The van der Waals surface area contributed by atoms with E-state index in [1.54, 1.807) is 0 Å². The summed E-state index contributed by atoms with van der Waals surface area (Å²) in [5.74, 6) is 0. The maximum atomic E-state index is 6.05. The van der Waals surface area contributed by atoms with Gasteiger partial charge in [-0.3, -0.25) is 0 Å². The molecule has 106 valence electrons. The predicted molar refractivity (Wildman–Crippen MR) is 83.8 cm³/mol. The monoisotopic (exact) mass is 260 g/mol. The van der Waals surface area contributed by atoms with Crippen molar-refractivity contribution in [2.45, 2.75) is 65.0 Å². The fourth-order valence-electron chi connectivity index (χ4n) is 3.07. The number of benzene rings is 1. The lowest BCUT2D eigenvalue weighted by molar-refractivity contribution is 0.484. The molecule has 0 radical (unpaired) electrons. The molecule has 0 aromatic heterocycles. The third-order valence-corrected chi connectivity index (χ3v) is 4.40. The summed E-state index contributed by atoms with van der Waals surface area (Å²) >= 11 is 0. The van der Waals surface area contributed by atoms with Crippen LogP contribution in [0.25, 0.3) is 0 Å². The second kappa shape index (κ2) is 6.42. The second-order valence-electron chi connectivity index (χ2n) is 6.03. The summed E-state index contributed by atoms with van der Waals surface area (Å²) in [6.45, 7) is 7.94. The van der Waals surface area contributed by atoms with Gasteiger partial charge in [0.15, 0.2) is 0 Å². The van der Waals surface area contributed by atoms with Gasteiger partial charge in [0.25, 0.3) is 0 Å². The van der Waals surface area contributed by atoms with Gasteiger partial charge in [-0.1, -0.05) is 19.1 Å². The number of hydrogen-bond acceptors (Lipinski definition) is 2. The fraction of sp³-hybridized carbons (Fsp3) is 0.647. The minimum Gasteiger partial charge on any atom is -0.369 e. The van der Waals surface area contributed by atoms with Crippen molar-refractivity contribution in [2.75, 3.05) is 11.4 Å². The molecule has 2 unspecified atom stereocenters. The molecule has 1 aromatic rings. The number of anilines is 1. The van der Waals surface area contributed by atoms with Gasteiger partial charge in [-0.25, -0.2) is 0 Å². The Bertz CT molecular complexity index is 414. The molecular formula is C17H28N2. The number of nitrogens with zero attached hydrogens (tertiary/aromatic N) is 1. The summed E-state index contributed by atoms with van der Waals surface area (Å²) < 4.78 is 0. The Balaban J connectivity index is 2.14. The van der Waals surface area contributed by atoms with Crippen LogP contribution in [0.5, 0.6) is 0 Å². The minimum absolute atomic E-state index is 0.291. The van der Waals surface area contributed by atoms with Crippen molar-refractivity contribution in [3.05, 3.63) is 29.3 Å². The second-order valence-corrected chi connectivity index (χ2v) is 6.03. The van der Waals surface area contributed by atoms with Crippen molar-refractivity contribution in [1.82, 2.24) is 0 Å². The first-order valence-electron chi connectivity index (χ1n) is 7.73. The van der Waals surface area contributed by atoms with Crippen LogP contribution in [-0.2, 0) is 6.42 Å². The van der Waals surface area contributed by atoms with Crippen LogP contribution >= 0.6 is 0 Å². The molecule has 1 aliphatic heterocycles. The average molecular weight is 260 g/mol. The van der Waals surface area contributed by atoms with E-state index < -0.39 is 0 Å². The molecule has 2 nitrogen and oxygen atoms in total. The SMILES string of the molecule is CCC(N)Cc1ccc(N2CCCCC2C)c(C)c1. The van der Waals surface area contributed by atoms with E-state index in [1.165, 1.54) is 42.6 Å². The minimum atomic E-state index is 0.291. The van der Waals surface area contributed by atoms with Gasteiger partial charge in [0.1, 0.15) is 0 Å². The van der Waals surface area contributed by atoms with Gasteiger partial charge in [-0.05, 0) is 63.1 Å². The van der Waals surface area contributed by atoms with Gasteiger partial charge in [-0.15, -0.1) is 0 Å². The van der Waals surface area contributed by atoms with Crippen LogP contribution in [0.15, 0.2) is 18.2 Å². The number of piperidine rings is 1. The molecule has 1 fully saturated rings. The lowest BCUT2D eigenvalue weighted by atomic mass is 9.98. The molecule has 0 saturated carbocycles. The zero-order chi connectivity index (χ0) is 13.8. The summed E-state index contributed by atoms with van der Waals surface area (Å²) in [6, 6.07) is 7.86. The van der Waals surface area contributed by atoms with E-state index in [2.05, 4.69) is 43.9 Å². The average Bonchev–Trinajstić information content (AvgIpc) is 2.40. The van der Waals surface area contributed by atoms with Gasteiger partial charge in [0, 0.05) is 24.3 Å². The highest BCUT2D eigenvalue weighted by Gasteiger charge is 2.19. The quantitative estimate of drug-likeness (QED) is 0.895. The lowest BCUT2D eigenvalue weighted by Crippen LogP contribution is -2.37. The Labute approximate surface area is 118 Å². The lowest BCUT2D eigenvalue weighted by Gasteiger charge is -2.36. The van der Waals surface area contributed by atoms with Gasteiger partial charge in [0.2, 0.25) is 0 Å². The first kappa shape index (κ1) is 14.4. The fourth-order valence-corrected chi connectivity index (χ4v) is 3.07. The largest absolute Gasteiger partial charge is 0.369 e. The molecule has 19 heavy (non-hydrogen) atoms. The molecule has 1 heterocycles. The third kappa shape index (κ3) is 3.50. The zero-order valence-corrected chi connectivity index (χ0v) is 12.7. The van der Waals surface area contributed by atoms with Gasteiger partial charge in [-0.2, -0.15) is 0 Å². The molecule has 2 rings (SSSR count).